The van der Waals surface area contributed by atoms with E-state index in [4.69, 9.17) is 0 Å². The van der Waals surface area contributed by atoms with Gasteiger partial charge in [0.05, 0.1) is 0 Å². The van der Waals surface area contributed by atoms with Crippen LogP contribution in [-0.2, 0) is 0 Å². The van der Waals surface area contributed by atoms with Crippen molar-refractivity contribution in [2.24, 2.45) is 5.92 Å². The van der Waals surface area contributed by atoms with Gasteiger partial charge in [0.15, 0.2) is 0 Å². The minimum absolute atomic E-state index is 0.845. The molecule has 1 fully saturated rings. The van der Waals surface area contributed by atoms with Crippen molar-refractivity contribution < 1.29 is 0 Å². The molecule has 0 heterocycles. The van der Waals surface area contributed by atoms with E-state index in [1.807, 2.05) is 0 Å². The lowest BCUT2D eigenvalue weighted by Gasteiger charge is -1.83. The molecule has 0 bridgehead atoms. The van der Waals surface area contributed by atoms with E-state index >= 15 is 0 Å². The van der Waals surface area contributed by atoms with Crippen LogP contribution in [0.4, 0.5) is 0 Å². The summed E-state index contributed by atoms with van der Waals surface area (Å²) in [5, 5.41) is 0. The first kappa shape index (κ1) is 5.23. The molecule has 0 amide bonds. The maximum absolute atomic E-state index is 4.10. The Morgan fingerprint density at radius 1 is 1.86 bits per heavy atom. The van der Waals surface area contributed by atoms with Gasteiger partial charge in [-0.3, -0.25) is 0 Å². The molecule has 1 unspecified atom stereocenters. The fourth-order valence-corrected chi connectivity index (χ4v) is 1.03. The van der Waals surface area contributed by atoms with Crippen molar-refractivity contribution in [2.75, 3.05) is 5.75 Å². The highest BCUT2D eigenvalue weighted by Crippen LogP contribution is 2.38. The Hall–Kier alpha value is 0.0900. The van der Waals surface area contributed by atoms with Crippen LogP contribution in [0.5, 0.6) is 0 Å². The average molecular weight is 114 g/mol. The van der Waals surface area contributed by atoms with Crippen molar-refractivity contribution in [3.63, 3.8) is 0 Å². The first-order chi connectivity index (χ1) is 3.34. The Balaban J connectivity index is 2.09. The third-order valence-electron chi connectivity index (χ3n) is 1.40. The fourth-order valence-electron chi connectivity index (χ4n) is 0.720. The summed E-state index contributed by atoms with van der Waals surface area (Å²) < 4.78 is 0. The lowest BCUT2D eigenvalue weighted by atomic mass is 10.3. The molecule has 0 radical (unpaired) electrons. The first-order valence-electron chi connectivity index (χ1n) is 2.63. The largest absolute Gasteiger partial charge is 0.179 e. The number of thiol groups is 1. The third-order valence-corrected chi connectivity index (χ3v) is 1.66. The van der Waals surface area contributed by atoms with Gasteiger partial charge in [-0.1, -0.05) is 12.2 Å². The van der Waals surface area contributed by atoms with Crippen LogP contribution in [0.1, 0.15) is 12.8 Å². The quantitative estimate of drug-likeness (QED) is 0.411. The summed E-state index contributed by atoms with van der Waals surface area (Å²) in [6.45, 7) is 3.83. The van der Waals surface area contributed by atoms with E-state index in [0.29, 0.717) is 0 Å². The zero-order chi connectivity index (χ0) is 5.28. The molecule has 1 aliphatic rings. The highest BCUT2D eigenvalue weighted by molar-refractivity contribution is 7.80. The summed E-state index contributed by atoms with van der Waals surface area (Å²) in [6, 6.07) is 0. The Bertz CT molecular complexity index is 86.2. The molecule has 0 spiro atoms. The van der Waals surface area contributed by atoms with Crippen LogP contribution in [0.2, 0.25) is 0 Å². The normalized spacial score (nSPS) is 28.1. The second-order valence-corrected chi connectivity index (χ2v) is 2.52. The number of rotatable bonds is 2. The van der Waals surface area contributed by atoms with Gasteiger partial charge >= 0.3 is 0 Å². The Kier molecular flexibility index (Phi) is 1.43. The smallest absolute Gasteiger partial charge is 0.00921 e. The summed E-state index contributed by atoms with van der Waals surface area (Å²) in [6.07, 6.45) is 2.50. The molecule has 40 valence electrons. The van der Waals surface area contributed by atoms with E-state index in [2.05, 4.69) is 19.2 Å². The zero-order valence-electron chi connectivity index (χ0n) is 4.35. The lowest BCUT2D eigenvalue weighted by molar-refractivity contribution is 0.839. The van der Waals surface area contributed by atoms with E-state index in [0.717, 1.165) is 11.7 Å². The van der Waals surface area contributed by atoms with E-state index in [1.54, 1.807) is 0 Å². The highest BCUT2D eigenvalue weighted by atomic mass is 32.1. The predicted octanol–water partition coefficient (Wildman–Crippen LogP) is 1.88. The number of hydrogen-bond donors (Lipinski definition) is 1. The number of hydrogen-bond acceptors (Lipinski definition) is 1. The van der Waals surface area contributed by atoms with Gasteiger partial charge in [-0.2, -0.15) is 12.6 Å². The van der Waals surface area contributed by atoms with E-state index in [1.165, 1.54) is 18.4 Å². The summed E-state index contributed by atoms with van der Waals surface area (Å²) in [7, 11) is 0. The van der Waals surface area contributed by atoms with Crippen molar-refractivity contribution in [2.45, 2.75) is 12.8 Å². The summed E-state index contributed by atoms with van der Waals surface area (Å²) >= 11 is 4.10. The Labute approximate surface area is 50.0 Å². The molecule has 0 aliphatic heterocycles. The molecule has 1 saturated carbocycles. The molecular weight excluding hydrogens is 104 g/mol. The van der Waals surface area contributed by atoms with Crippen LogP contribution in [0, 0.1) is 5.92 Å². The lowest BCUT2D eigenvalue weighted by Crippen LogP contribution is -1.74. The van der Waals surface area contributed by atoms with Gasteiger partial charge in [-0.05, 0) is 24.5 Å². The molecule has 7 heavy (non-hydrogen) atoms. The molecule has 0 aromatic carbocycles. The van der Waals surface area contributed by atoms with Crippen molar-refractivity contribution in [1.82, 2.24) is 0 Å². The predicted molar refractivity (Wildman–Crippen MR) is 35.7 cm³/mol. The molecule has 0 nitrogen and oxygen atoms in total. The van der Waals surface area contributed by atoms with Crippen LogP contribution >= 0.6 is 12.6 Å². The van der Waals surface area contributed by atoms with Gasteiger partial charge < -0.3 is 0 Å². The van der Waals surface area contributed by atoms with Gasteiger partial charge in [0, 0.05) is 0 Å². The van der Waals surface area contributed by atoms with E-state index < -0.39 is 0 Å². The summed E-state index contributed by atoms with van der Waals surface area (Å²) in [5.41, 5.74) is 1.43. The summed E-state index contributed by atoms with van der Waals surface area (Å²) in [4.78, 5) is 0. The molecule has 0 saturated heterocycles. The monoisotopic (exact) mass is 114 g/mol. The first-order valence-corrected chi connectivity index (χ1v) is 3.26. The second kappa shape index (κ2) is 1.91. The SMILES string of the molecule is C=C1CC1CCS. The molecular formula is C6H10S. The van der Waals surface area contributed by atoms with Crippen LogP contribution in [0.3, 0.4) is 0 Å². The molecule has 0 aromatic heterocycles. The Morgan fingerprint density at radius 2 is 2.43 bits per heavy atom. The van der Waals surface area contributed by atoms with E-state index in [9.17, 15) is 0 Å². The van der Waals surface area contributed by atoms with Crippen LogP contribution < -0.4 is 0 Å². The van der Waals surface area contributed by atoms with Gasteiger partial charge in [0.2, 0.25) is 0 Å². The topological polar surface area (TPSA) is 0 Å². The van der Waals surface area contributed by atoms with Crippen molar-refractivity contribution in [3.05, 3.63) is 12.2 Å². The van der Waals surface area contributed by atoms with Gasteiger partial charge in [-0.25, -0.2) is 0 Å². The van der Waals surface area contributed by atoms with Gasteiger partial charge in [0.1, 0.15) is 0 Å². The third kappa shape index (κ3) is 1.23. The molecule has 0 aromatic rings. The molecule has 0 N–H and O–H groups in total. The zero-order valence-corrected chi connectivity index (χ0v) is 5.25. The molecule has 1 aliphatic carbocycles. The molecule has 1 rings (SSSR count). The summed E-state index contributed by atoms with van der Waals surface area (Å²) in [5.74, 6) is 1.86. The van der Waals surface area contributed by atoms with Crippen molar-refractivity contribution in [1.29, 1.82) is 0 Å². The van der Waals surface area contributed by atoms with Crippen LogP contribution in [0.15, 0.2) is 12.2 Å². The standard InChI is InChI=1S/C6H10S/c1-5-4-6(5)2-3-7/h6-7H,1-4H2. The maximum atomic E-state index is 4.10. The van der Waals surface area contributed by atoms with E-state index in [-0.39, 0.29) is 0 Å². The average Bonchev–Trinajstić information content (AvgIpc) is 2.22. The highest BCUT2D eigenvalue weighted by Gasteiger charge is 2.25. The number of allylic oxidation sites excluding steroid dienone is 1. The minimum atomic E-state index is 0.845. The second-order valence-electron chi connectivity index (χ2n) is 2.07. The van der Waals surface area contributed by atoms with Crippen molar-refractivity contribution in [3.8, 4) is 0 Å². The van der Waals surface area contributed by atoms with Crippen LogP contribution in [-0.4, -0.2) is 5.75 Å². The van der Waals surface area contributed by atoms with Crippen molar-refractivity contribution >= 4 is 12.6 Å². The van der Waals surface area contributed by atoms with Gasteiger partial charge in [-0.15, -0.1) is 0 Å². The van der Waals surface area contributed by atoms with Gasteiger partial charge in [0.25, 0.3) is 0 Å². The fraction of sp³-hybridized carbons (Fsp3) is 0.667. The Morgan fingerprint density at radius 3 is 2.57 bits per heavy atom. The molecule has 1 atom stereocenters. The maximum Gasteiger partial charge on any atom is -0.00921 e. The van der Waals surface area contributed by atoms with Crippen LogP contribution in [0.25, 0.3) is 0 Å². The minimum Gasteiger partial charge on any atom is -0.179 e. The molecule has 1 heteroatoms.